The van der Waals surface area contributed by atoms with E-state index in [0.717, 1.165) is 0 Å². The third kappa shape index (κ3) is 4.28. The number of nitrogens with zero attached hydrogens (tertiary/aromatic N) is 1. The van der Waals surface area contributed by atoms with Gasteiger partial charge in [-0.2, -0.15) is 0 Å². The lowest BCUT2D eigenvalue weighted by atomic mass is 10.3. The van der Waals surface area contributed by atoms with E-state index in [1.54, 1.807) is 25.1 Å². The molecule has 7 nitrogen and oxygen atoms in total. The third-order valence-electron chi connectivity index (χ3n) is 2.63. The Labute approximate surface area is 123 Å². The van der Waals surface area contributed by atoms with Crippen LogP contribution in [0.25, 0.3) is 0 Å². The van der Waals surface area contributed by atoms with Crippen molar-refractivity contribution in [2.75, 3.05) is 13.2 Å². The maximum atomic E-state index is 12.1. The van der Waals surface area contributed by atoms with Gasteiger partial charge in [-0.25, -0.2) is 13.1 Å². The van der Waals surface area contributed by atoms with Crippen molar-refractivity contribution in [3.05, 3.63) is 41.8 Å². The average molecular weight is 311 g/mol. The largest absolute Gasteiger partial charge is 0.492 e. The molecule has 0 spiro atoms. The highest BCUT2D eigenvalue weighted by Crippen LogP contribution is 2.16. The summed E-state index contributed by atoms with van der Waals surface area (Å²) < 4.78 is 36.9. The predicted octanol–water partition coefficient (Wildman–Crippen LogP) is 0.799. The molecule has 2 rings (SSSR count). The first-order valence-electron chi connectivity index (χ1n) is 6.36. The Hall–Kier alpha value is -1.90. The summed E-state index contributed by atoms with van der Waals surface area (Å²) in [5.41, 5.74) is 6.03. The Morgan fingerprint density at radius 3 is 2.62 bits per heavy atom. The van der Waals surface area contributed by atoms with Crippen molar-refractivity contribution in [3.8, 4) is 5.75 Å². The highest BCUT2D eigenvalue weighted by atomic mass is 32.2. The van der Waals surface area contributed by atoms with Crippen LogP contribution >= 0.6 is 0 Å². The van der Waals surface area contributed by atoms with Crippen LogP contribution < -0.4 is 15.2 Å². The Morgan fingerprint density at radius 2 is 2.05 bits per heavy atom. The molecule has 0 aliphatic rings. The molecule has 0 aliphatic heterocycles. The second kappa shape index (κ2) is 6.70. The smallest absolute Gasteiger partial charge is 0.240 e. The summed E-state index contributed by atoms with van der Waals surface area (Å²) in [7, 11) is -3.60. The van der Waals surface area contributed by atoms with Crippen LogP contribution in [0.2, 0.25) is 0 Å². The maximum absolute atomic E-state index is 12.1. The minimum Gasteiger partial charge on any atom is -0.492 e. The van der Waals surface area contributed by atoms with Gasteiger partial charge < -0.3 is 15.0 Å². The summed E-state index contributed by atoms with van der Waals surface area (Å²) >= 11 is 0. The molecule has 0 amide bonds. The Kier molecular flexibility index (Phi) is 4.94. The standard InChI is InChI=1S/C13H17N3O4S/c1-10-8-12(20-16-10)9-15-21(17,18)13-4-2-11(3-5-13)19-7-6-14/h2-5,8,15H,6-7,9,14H2,1H3. The third-order valence-corrected chi connectivity index (χ3v) is 4.05. The molecule has 1 aromatic heterocycles. The molecule has 21 heavy (non-hydrogen) atoms. The number of ether oxygens (including phenoxy) is 1. The molecule has 0 fully saturated rings. The molecule has 1 aromatic carbocycles. The normalized spacial score (nSPS) is 11.5. The lowest BCUT2D eigenvalue weighted by Crippen LogP contribution is -2.23. The van der Waals surface area contributed by atoms with Gasteiger partial charge in [-0.05, 0) is 31.2 Å². The van der Waals surface area contributed by atoms with Crippen LogP contribution in [-0.2, 0) is 16.6 Å². The van der Waals surface area contributed by atoms with Crippen molar-refractivity contribution in [2.45, 2.75) is 18.4 Å². The van der Waals surface area contributed by atoms with Crippen molar-refractivity contribution in [1.29, 1.82) is 0 Å². The van der Waals surface area contributed by atoms with Crippen molar-refractivity contribution < 1.29 is 17.7 Å². The Balaban J connectivity index is 2.01. The quantitative estimate of drug-likeness (QED) is 0.783. The zero-order valence-electron chi connectivity index (χ0n) is 11.6. The molecular weight excluding hydrogens is 294 g/mol. The zero-order valence-corrected chi connectivity index (χ0v) is 12.4. The first-order valence-corrected chi connectivity index (χ1v) is 7.84. The van der Waals surface area contributed by atoms with E-state index in [2.05, 4.69) is 9.88 Å². The first kappa shape index (κ1) is 15.5. The lowest BCUT2D eigenvalue weighted by molar-refractivity contribution is 0.328. The van der Waals surface area contributed by atoms with Crippen molar-refractivity contribution in [1.82, 2.24) is 9.88 Å². The number of aryl methyl sites for hydroxylation is 1. The van der Waals surface area contributed by atoms with E-state index < -0.39 is 10.0 Å². The van der Waals surface area contributed by atoms with E-state index in [1.807, 2.05) is 0 Å². The number of aromatic nitrogens is 1. The van der Waals surface area contributed by atoms with Crippen LogP contribution in [0, 0.1) is 6.92 Å². The molecule has 0 atom stereocenters. The monoisotopic (exact) mass is 311 g/mol. The fourth-order valence-electron chi connectivity index (χ4n) is 1.64. The van der Waals surface area contributed by atoms with Crippen LogP contribution in [0.1, 0.15) is 11.5 Å². The zero-order chi connectivity index (χ0) is 15.3. The van der Waals surface area contributed by atoms with Gasteiger partial charge in [-0.3, -0.25) is 0 Å². The molecule has 0 unspecified atom stereocenters. The first-order chi connectivity index (χ1) is 10.0. The number of nitrogens with two attached hydrogens (primary N) is 1. The number of sulfonamides is 1. The molecule has 2 aromatic rings. The fourth-order valence-corrected chi connectivity index (χ4v) is 2.63. The maximum Gasteiger partial charge on any atom is 0.240 e. The topological polar surface area (TPSA) is 107 Å². The van der Waals surface area contributed by atoms with Gasteiger partial charge in [0, 0.05) is 12.6 Å². The molecule has 0 bridgehead atoms. The second-order valence-electron chi connectivity index (χ2n) is 4.37. The highest BCUT2D eigenvalue weighted by Gasteiger charge is 2.14. The predicted molar refractivity (Wildman–Crippen MR) is 76.3 cm³/mol. The van der Waals surface area contributed by atoms with Crippen molar-refractivity contribution in [3.63, 3.8) is 0 Å². The molecule has 0 aliphatic carbocycles. The van der Waals surface area contributed by atoms with Gasteiger partial charge in [-0.15, -0.1) is 0 Å². The number of benzene rings is 1. The van der Waals surface area contributed by atoms with Crippen LogP contribution in [-0.4, -0.2) is 26.7 Å². The van der Waals surface area contributed by atoms with Crippen LogP contribution in [0.4, 0.5) is 0 Å². The minimum atomic E-state index is -3.60. The number of rotatable bonds is 7. The van der Waals surface area contributed by atoms with E-state index in [4.69, 9.17) is 15.0 Å². The van der Waals surface area contributed by atoms with Gasteiger partial charge >= 0.3 is 0 Å². The van der Waals surface area contributed by atoms with E-state index in [1.165, 1.54) is 12.1 Å². The highest BCUT2D eigenvalue weighted by molar-refractivity contribution is 7.89. The summed E-state index contributed by atoms with van der Waals surface area (Å²) in [5, 5.41) is 3.69. The van der Waals surface area contributed by atoms with Gasteiger partial charge in [0.1, 0.15) is 12.4 Å². The summed E-state index contributed by atoms with van der Waals surface area (Å²) in [5.74, 6) is 1.03. The Bertz CT molecular complexity index is 680. The molecule has 0 saturated heterocycles. The molecule has 8 heteroatoms. The molecular formula is C13H17N3O4S. The summed E-state index contributed by atoms with van der Waals surface area (Å²) in [4.78, 5) is 0.152. The number of hydrogen-bond acceptors (Lipinski definition) is 6. The summed E-state index contributed by atoms with van der Waals surface area (Å²) in [6.07, 6.45) is 0. The van der Waals surface area contributed by atoms with E-state index in [0.29, 0.717) is 30.4 Å². The lowest BCUT2D eigenvalue weighted by Gasteiger charge is -2.07. The fraction of sp³-hybridized carbons (Fsp3) is 0.308. The Morgan fingerprint density at radius 1 is 1.33 bits per heavy atom. The van der Waals surface area contributed by atoms with Crippen LogP contribution in [0.3, 0.4) is 0 Å². The average Bonchev–Trinajstić information content (AvgIpc) is 2.89. The molecule has 114 valence electrons. The summed E-state index contributed by atoms with van der Waals surface area (Å²) in [6.45, 7) is 2.60. The second-order valence-corrected chi connectivity index (χ2v) is 6.13. The van der Waals surface area contributed by atoms with Gasteiger partial charge in [-0.1, -0.05) is 5.16 Å². The molecule has 3 N–H and O–H groups in total. The molecule has 1 heterocycles. The van der Waals surface area contributed by atoms with Crippen LogP contribution in [0.5, 0.6) is 5.75 Å². The molecule has 0 radical (unpaired) electrons. The van der Waals surface area contributed by atoms with Crippen LogP contribution in [0.15, 0.2) is 39.8 Å². The van der Waals surface area contributed by atoms with Crippen molar-refractivity contribution in [2.24, 2.45) is 5.73 Å². The van der Waals surface area contributed by atoms with Gasteiger partial charge in [0.05, 0.1) is 17.1 Å². The minimum absolute atomic E-state index is 0.0502. The SMILES string of the molecule is Cc1cc(CNS(=O)(=O)c2ccc(OCCN)cc2)on1. The van der Waals surface area contributed by atoms with Crippen molar-refractivity contribution >= 4 is 10.0 Å². The summed E-state index contributed by atoms with van der Waals surface area (Å²) in [6, 6.07) is 7.79. The number of hydrogen-bond donors (Lipinski definition) is 2. The van der Waals surface area contributed by atoms with Gasteiger partial charge in [0.25, 0.3) is 0 Å². The van der Waals surface area contributed by atoms with Gasteiger partial charge in [0.2, 0.25) is 10.0 Å². The van der Waals surface area contributed by atoms with E-state index >= 15 is 0 Å². The molecule has 0 saturated carbocycles. The van der Waals surface area contributed by atoms with E-state index in [9.17, 15) is 8.42 Å². The number of nitrogens with one attached hydrogen (secondary N) is 1. The van der Waals surface area contributed by atoms with E-state index in [-0.39, 0.29) is 11.4 Å². The van der Waals surface area contributed by atoms with Gasteiger partial charge in [0.15, 0.2) is 5.76 Å².